The van der Waals surface area contributed by atoms with Crippen molar-refractivity contribution in [3.8, 4) is 0 Å². The fourth-order valence-corrected chi connectivity index (χ4v) is 3.59. The molecule has 5 unspecified atom stereocenters. The monoisotopic (exact) mass is 410 g/mol. The van der Waals surface area contributed by atoms with E-state index in [0.29, 0.717) is 13.2 Å². The largest absolute Gasteiger partial charge is 0.371 e. The normalized spacial score (nSPS) is 25.0. The second-order valence-electron chi connectivity index (χ2n) is 7.93. The van der Waals surface area contributed by atoms with Crippen LogP contribution in [-0.2, 0) is 32.2 Å². The van der Waals surface area contributed by atoms with Gasteiger partial charge in [-0.2, -0.15) is 0 Å². The van der Waals surface area contributed by atoms with Gasteiger partial charge in [-0.05, 0) is 37.8 Å². The van der Waals surface area contributed by atoms with Crippen molar-refractivity contribution in [2.45, 2.75) is 77.0 Å². The third kappa shape index (κ3) is 7.06. The Hall–Kier alpha value is -1.98. The second-order valence-corrected chi connectivity index (χ2v) is 7.93. The van der Waals surface area contributed by atoms with Gasteiger partial charge in [0.05, 0.1) is 31.5 Å². The fraction of sp³-hybridized carbons (Fsp3) is 0.462. The Kier molecular flexibility index (Phi) is 9.09. The summed E-state index contributed by atoms with van der Waals surface area (Å²) >= 11 is 0. The van der Waals surface area contributed by atoms with Gasteiger partial charge in [-0.25, -0.2) is 0 Å². The molecule has 0 spiro atoms. The molecule has 30 heavy (non-hydrogen) atoms. The van der Waals surface area contributed by atoms with Gasteiger partial charge >= 0.3 is 0 Å². The van der Waals surface area contributed by atoms with Crippen LogP contribution in [-0.4, -0.2) is 30.7 Å². The summed E-state index contributed by atoms with van der Waals surface area (Å²) < 4.78 is 24.9. The molecule has 1 fully saturated rings. The molecule has 0 N–H and O–H groups in total. The summed E-state index contributed by atoms with van der Waals surface area (Å²) in [6.45, 7) is 9.00. The van der Waals surface area contributed by atoms with Crippen LogP contribution in [0.5, 0.6) is 0 Å². The van der Waals surface area contributed by atoms with Crippen LogP contribution in [0.25, 0.3) is 0 Å². The highest BCUT2D eigenvalue weighted by Gasteiger charge is 2.38. The minimum absolute atomic E-state index is 0.0469. The summed E-state index contributed by atoms with van der Waals surface area (Å²) in [5.41, 5.74) is 2.29. The van der Waals surface area contributed by atoms with Crippen molar-refractivity contribution in [2.24, 2.45) is 0 Å². The number of benzene rings is 2. The molecule has 0 amide bonds. The number of ether oxygens (including phenoxy) is 4. The molecule has 0 saturated carbocycles. The fourth-order valence-electron chi connectivity index (χ4n) is 3.59. The maximum Gasteiger partial charge on any atom is 0.184 e. The molecule has 0 bridgehead atoms. The molecule has 0 aromatic heterocycles. The molecule has 1 heterocycles. The van der Waals surface area contributed by atoms with Gasteiger partial charge in [0.15, 0.2) is 6.29 Å². The Morgan fingerprint density at radius 3 is 2.10 bits per heavy atom. The van der Waals surface area contributed by atoms with E-state index in [1.54, 1.807) is 0 Å². The lowest BCUT2D eigenvalue weighted by Gasteiger charge is -2.40. The molecular weight excluding hydrogens is 376 g/mol. The summed E-state index contributed by atoms with van der Waals surface area (Å²) in [7, 11) is 0. The molecule has 2 aromatic rings. The lowest BCUT2D eigenvalue weighted by molar-refractivity contribution is -0.290. The Bertz CT molecular complexity index is 733. The zero-order valence-electron chi connectivity index (χ0n) is 18.1. The molecule has 0 aliphatic carbocycles. The van der Waals surface area contributed by atoms with Crippen LogP contribution in [0.3, 0.4) is 0 Å². The van der Waals surface area contributed by atoms with E-state index < -0.39 is 6.29 Å². The van der Waals surface area contributed by atoms with Gasteiger partial charge in [0, 0.05) is 6.42 Å². The highest BCUT2D eigenvalue weighted by atomic mass is 16.7. The maximum absolute atomic E-state index is 6.27. The van der Waals surface area contributed by atoms with E-state index in [1.165, 1.54) is 0 Å². The van der Waals surface area contributed by atoms with Crippen molar-refractivity contribution >= 4 is 0 Å². The van der Waals surface area contributed by atoms with E-state index in [-0.39, 0.29) is 24.4 Å². The molecule has 1 aliphatic rings. The average Bonchev–Trinajstić information content (AvgIpc) is 2.77. The molecule has 3 rings (SSSR count). The lowest BCUT2D eigenvalue weighted by Crippen LogP contribution is -2.50. The quantitative estimate of drug-likeness (QED) is 0.448. The Morgan fingerprint density at radius 2 is 1.53 bits per heavy atom. The maximum atomic E-state index is 6.27. The first-order chi connectivity index (χ1) is 14.7. The highest BCUT2D eigenvalue weighted by molar-refractivity contribution is 5.14. The zero-order chi connectivity index (χ0) is 21.2. The van der Waals surface area contributed by atoms with E-state index in [2.05, 4.69) is 37.8 Å². The van der Waals surface area contributed by atoms with Crippen LogP contribution in [0, 0.1) is 0 Å². The summed E-state index contributed by atoms with van der Waals surface area (Å²) in [6.07, 6.45) is 3.86. The highest BCUT2D eigenvalue weighted by Crippen LogP contribution is 2.28. The smallest absolute Gasteiger partial charge is 0.184 e. The zero-order valence-corrected chi connectivity index (χ0v) is 18.1. The predicted molar refractivity (Wildman–Crippen MR) is 119 cm³/mol. The summed E-state index contributed by atoms with van der Waals surface area (Å²) in [4.78, 5) is 0. The molecule has 2 aromatic carbocycles. The van der Waals surface area contributed by atoms with Gasteiger partial charge in [-0.3, -0.25) is 0 Å². The minimum atomic E-state index is -0.403. The van der Waals surface area contributed by atoms with E-state index >= 15 is 0 Å². The Morgan fingerprint density at radius 1 is 0.967 bits per heavy atom. The van der Waals surface area contributed by atoms with Crippen molar-refractivity contribution in [3.63, 3.8) is 0 Å². The SMILES string of the molecule is C=CCCC(C)OC1OC(C)C(OCc2ccccc2)CC1OCc1ccccc1. The number of hydrogen-bond acceptors (Lipinski definition) is 4. The summed E-state index contributed by atoms with van der Waals surface area (Å²) in [5, 5.41) is 0. The minimum Gasteiger partial charge on any atom is -0.371 e. The van der Waals surface area contributed by atoms with Gasteiger partial charge < -0.3 is 18.9 Å². The Balaban J connectivity index is 1.62. The Labute approximate surface area is 180 Å². The van der Waals surface area contributed by atoms with E-state index in [9.17, 15) is 0 Å². The third-order valence-electron chi connectivity index (χ3n) is 5.40. The average molecular weight is 411 g/mol. The first-order valence-corrected chi connectivity index (χ1v) is 10.9. The molecule has 5 atom stereocenters. The summed E-state index contributed by atoms with van der Waals surface area (Å²) in [5.74, 6) is 0. The van der Waals surface area contributed by atoms with Crippen LogP contribution >= 0.6 is 0 Å². The molecule has 4 heteroatoms. The lowest BCUT2D eigenvalue weighted by atomic mass is 10.0. The van der Waals surface area contributed by atoms with E-state index in [4.69, 9.17) is 18.9 Å². The predicted octanol–water partition coefficient (Wildman–Crippen LogP) is 5.66. The van der Waals surface area contributed by atoms with Crippen molar-refractivity contribution in [1.82, 2.24) is 0 Å². The van der Waals surface area contributed by atoms with Gasteiger partial charge in [0.25, 0.3) is 0 Å². The number of hydrogen-bond donors (Lipinski definition) is 0. The van der Waals surface area contributed by atoms with Gasteiger partial charge in [-0.1, -0.05) is 66.7 Å². The van der Waals surface area contributed by atoms with Gasteiger partial charge in [-0.15, -0.1) is 6.58 Å². The topological polar surface area (TPSA) is 36.9 Å². The summed E-state index contributed by atoms with van der Waals surface area (Å²) in [6, 6.07) is 20.4. The third-order valence-corrected chi connectivity index (χ3v) is 5.40. The molecule has 4 nitrogen and oxygen atoms in total. The van der Waals surface area contributed by atoms with Crippen molar-refractivity contribution in [3.05, 3.63) is 84.4 Å². The van der Waals surface area contributed by atoms with Crippen molar-refractivity contribution in [1.29, 1.82) is 0 Å². The number of rotatable bonds is 11. The van der Waals surface area contributed by atoms with Gasteiger partial charge in [0.1, 0.15) is 6.10 Å². The van der Waals surface area contributed by atoms with Crippen LogP contribution in [0.15, 0.2) is 73.3 Å². The van der Waals surface area contributed by atoms with Crippen molar-refractivity contribution in [2.75, 3.05) is 0 Å². The van der Waals surface area contributed by atoms with Crippen LogP contribution in [0.2, 0.25) is 0 Å². The van der Waals surface area contributed by atoms with E-state index in [1.807, 2.05) is 49.4 Å². The van der Waals surface area contributed by atoms with Crippen LogP contribution in [0.1, 0.15) is 44.2 Å². The number of allylic oxidation sites excluding steroid dienone is 1. The molecule has 162 valence electrons. The van der Waals surface area contributed by atoms with E-state index in [0.717, 1.165) is 30.4 Å². The molecule has 1 saturated heterocycles. The standard InChI is InChI=1S/C26H34O4/c1-4-5-12-20(2)29-26-25(28-19-23-15-10-7-11-16-23)17-24(21(3)30-26)27-18-22-13-8-6-9-14-22/h4,6-11,13-16,20-21,24-26H,1,5,12,17-19H2,2-3H3. The molecule has 0 radical (unpaired) electrons. The first-order valence-electron chi connectivity index (χ1n) is 10.9. The first kappa shape index (κ1) is 22.7. The van der Waals surface area contributed by atoms with Crippen molar-refractivity contribution < 1.29 is 18.9 Å². The van der Waals surface area contributed by atoms with Crippen LogP contribution < -0.4 is 0 Å². The molecule has 1 aliphatic heterocycles. The van der Waals surface area contributed by atoms with Gasteiger partial charge in [0.2, 0.25) is 0 Å². The van der Waals surface area contributed by atoms with Crippen LogP contribution in [0.4, 0.5) is 0 Å². The second kappa shape index (κ2) is 12.0. The molecular formula is C26H34O4.